The van der Waals surface area contributed by atoms with Crippen LogP contribution in [0.3, 0.4) is 0 Å². The summed E-state index contributed by atoms with van der Waals surface area (Å²) in [5.41, 5.74) is 3.30. The minimum absolute atomic E-state index is 0.0893. The van der Waals surface area contributed by atoms with Crippen molar-refractivity contribution in [2.24, 2.45) is 18.9 Å². The van der Waals surface area contributed by atoms with Gasteiger partial charge in [-0.1, -0.05) is 0 Å². The van der Waals surface area contributed by atoms with Crippen LogP contribution in [-0.4, -0.2) is 57.2 Å². The molecule has 1 atom stereocenters. The molecular formula is C23H27F3N6O2. The van der Waals surface area contributed by atoms with Crippen LogP contribution in [-0.2, 0) is 11.8 Å². The Bertz CT molecular complexity index is 1190. The normalized spacial score (nSPS) is 23.2. The Morgan fingerprint density at radius 2 is 1.97 bits per heavy atom. The molecule has 182 valence electrons. The van der Waals surface area contributed by atoms with Crippen LogP contribution in [0, 0.1) is 25.7 Å². The molecule has 4 heterocycles. The van der Waals surface area contributed by atoms with Crippen molar-refractivity contribution in [2.75, 3.05) is 31.2 Å². The van der Waals surface area contributed by atoms with Gasteiger partial charge in [-0.3, -0.25) is 4.68 Å². The molecule has 5 rings (SSSR count). The second-order valence-corrected chi connectivity index (χ2v) is 9.23. The van der Waals surface area contributed by atoms with E-state index in [1.807, 2.05) is 38.1 Å². The summed E-state index contributed by atoms with van der Waals surface area (Å²) >= 11 is 0. The monoisotopic (exact) mass is 476 g/mol. The number of halogens is 3. The van der Waals surface area contributed by atoms with Gasteiger partial charge in [0.1, 0.15) is 6.10 Å². The standard InChI is InChI=1S/C23H27F3N6O2/c1-13-6-18-20(28-14(13)2)29-22(30-21(18)34-12-15-7-17(8-15)23(24,25)26)32-4-5-33-19(11-32)16-9-27-31(3)10-16/h6,9-10,15,17,19H,4-5,7-8,11-12H2,1-3H3. The Hall–Kier alpha value is -2.95. The van der Waals surface area contributed by atoms with E-state index < -0.39 is 12.1 Å². The fraction of sp³-hybridized carbons (Fsp3) is 0.565. The van der Waals surface area contributed by atoms with Crippen LogP contribution in [0.15, 0.2) is 18.5 Å². The van der Waals surface area contributed by atoms with Crippen molar-refractivity contribution < 1.29 is 22.6 Å². The van der Waals surface area contributed by atoms with Gasteiger partial charge < -0.3 is 14.4 Å². The third kappa shape index (κ3) is 4.53. The van der Waals surface area contributed by atoms with Gasteiger partial charge in [-0.15, -0.1) is 0 Å². The number of anilines is 1. The van der Waals surface area contributed by atoms with Gasteiger partial charge in [0.15, 0.2) is 5.65 Å². The van der Waals surface area contributed by atoms with Crippen molar-refractivity contribution in [1.29, 1.82) is 0 Å². The SMILES string of the molecule is Cc1cc2c(OCC3CC(C(F)(F)F)C3)nc(N3CCOC(c4cnn(C)c4)C3)nc2nc1C. The van der Waals surface area contributed by atoms with E-state index in [-0.39, 0.29) is 31.5 Å². The van der Waals surface area contributed by atoms with Crippen LogP contribution in [0.2, 0.25) is 0 Å². The number of nitrogens with zero attached hydrogens (tertiary/aromatic N) is 6. The van der Waals surface area contributed by atoms with E-state index >= 15 is 0 Å². The second kappa shape index (κ2) is 8.68. The zero-order chi connectivity index (χ0) is 24.0. The van der Waals surface area contributed by atoms with Gasteiger partial charge in [-0.05, 0) is 44.2 Å². The number of hydrogen-bond donors (Lipinski definition) is 0. The summed E-state index contributed by atoms with van der Waals surface area (Å²) in [4.78, 5) is 16.0. The quantitative estimate of drug-likeness (QED) is 0.552. The number of ether oxygens (including phenoxy) is 2. The summed E-state index contributed by atoms with van der Waals surface area (Å²) < 4.78 is 52.2. The second-order valence-electron chi connectivity index (χ2n) is 9.23. The zero-order valence-corrected chi connectivity index (χ0v) is 19.3. The molecule has 3 aromatic heterocycles. The predicted octanol–water partition coefficient (Wildman–Crippen LogP) is 3.92. The topological polar surface area (TPSA) is 78.2 Å². The summed E-state index contributed by atoms with van der Waals surface area (Å²) in [6.45, 7) is 5.68. The van der Waals surface area contributed by atoms with Gasteiger partial charge in [0.25, 0.3) is 0 Å². The van der Waals surface area contributed by atoms with Crippen LogP contribution >= 0.6 is 0 Å². The number of aryl methyl sites for hydroxylation is 3. The van der Waals surface area contributed by atoms with Crippen molar-refractivity contribution in [3.05, 3.63) is 35.3 Å². The van der Waals surface area contributed by atoms with Gasteiger partial charge in [0.2, 0.25) is 11.8 Å². The Morgan fingerprint density at radius 1 is 1.18 bits per heavy atom. The predicted molar refractivity (Wildman–Crippen MR) is 119 cm³/mol. The van der Waals surface area contributed by atoms with E-state index in [4.69, 9.17) is 14.5 Å². The number of morpholine rings is 1. The van der Waals surface area contributed by atoms with Crippen molar-refractivity contribution in [3.63, 3.8) is 0 Å². The minimum Gasteiger partial charge on any atom is -0.477 e. The fourth-order valence-corrected chi connectivity index (χ4v) is 4.43. The van der Waals surface area contributed by atoms with Crippen molar-refractivity contribution >= 4 is 17.0 Å². The highest BCUT2D eigenvalue weighted by molar-refractivity contribution is 5.82. The lowest BCUT2D eigenvalue weighted by Crippen LogP contribution is -2.39. The first-order valence-electron chi connectivity index (χ1n) is 11.4. The van der Waals surface area contributed by atoms with E-state index in [0.29, 0.717) is 42.6 Å². The molecule has 1 unspecified atom stereocenters. The molecule has 1 saturated heterocycles. The van der Waals surface area contributed by atoms with Crippen molar-refractivity contribution in [1.82, 2.24) is 24.7 Å². The maximum Gasteiger partial charge on any atom is 0.391 e. The number of aromatic nitrogens is 5. The fourth-order valence-electron chi connectivity index (χ4n) is 4.43. The molecule has 1 aliphatic carbocycles. The highest BCUT2D eigenvalue weighted by Gasteiger charge is 2.48. The van der Waals surface area contributed by atoms with Gasteiger partial charge in [0, 0.05) is 31.0 Å². The summed E-state index contributed by atoms with van der Waals surface area (Å²) in [5, 5.41) is 4.89. The van der Waals surface area contributed by atoms with Gasteiger partial charge >= 0.3 is 6.18 Å². The molecule has 2 fully saturated rings. The largest absolute Gasteiger partial charge is 0.477 e. The molecule has 1 saturated carbocycles. The molecule has 0 bridgehead atoms. The van der Waals surface area contributed by atoms with Crippen LogP contribution < -0.4 is 9.64 Å². The molecule has 0 N–H and O–H groups in total. The molecule has 0 radical (unpaired) electrons. The Labute approximate surface area is 195 Å². The van der Waals surface area contributed by atoms with Crippen LogP contribution in [0.25, 0.3) is 11.0 Å². The molecular weight excluding hydrogens is 449 g/mol. The van der Waals surface area contributed by atoms with Gasteiger partial charge in [0.05, 0.1) is 37.3 Å². The molecule has 0 spiro atoms. The number of rotatable bonds is 5. The summed E-state index contributed by atoms with van der Waals surface area (Å²) in [5.74, 6) is -0.547. The molecule has 11 heteroatoms. The van der Waals surface area contributed by atoms with E-state index in [1.165, 1.54) is 0 Å². The summed E-state index contributed by atoms with van der Waals surface area (Å²) in [6, 6.07) is 1.92. The first-order valence-corrected chi connectivity index (χ1v) is 11.4. The van der Waals surface area contributed by atoms with Gasteiger partial charge in [-0.2, -0.15) is 28.2 Å². The van der Waals surface area contributed by atoms with E-state index in [9.17, 15) is 13.2 Å². The average Bonchev–Trinajstić information content (AvgIpc) is 3.19. The molecule has 0 aromatic carbocycles. The van der Waals surface area contributed by atoms with Crippen molar-refractivity contribution in [2.45, 2.75) is 39.0 Å². The molecule has 34 heavy (non-hydrogen) atoms. The van der Waals surface area contributed by atoms with E-state index in [0.717, 1.165) is 16.8 Å². The highest BCUT2D eigenvalue weighted by atomic mass is 19.4. The van der Waals surface area contributed by atoms with Crippen LogP contribution in [0.1, 0.15) is 35.8 Å². The van der Waals surface area contributed by atoms with Crippen molar-refractivity contribution in [3.8, 4) is 5.88 Å². The molecule has 2 aliphatic rings. The molecule has 1 aliphatic heterocycles. The summed E-state index contributed by atoms with van der Waals surface area (Å²) in [7, 11) is 1.86. The number of hydrogen-bond acceptors (Lipinski definition) is 7. The summed E-state index contributed by atoms with van der Waals surface area (Å²) in [6.07, 6.45) is -0.425. The highest BCUT2D eigenvalue weighted by Crippen LogP contribution is 2.45. The van der Waals surface area contributed by atoms with E-state index in [1.54, 1.807) is 10.9 Å². The maximum atomic E-state index is 12.9. The first-order chi connectivity index (χ1) is 16.2. The van der Waals surface area contributed by atoms with E-state index in [2.05, 4.69) is 15.1 Å². The lowest BCUT2D eigenvalue weighted by atomic mass is 9.75. The lowest BCUT2D eigenvalue weighted by Gasteiger charge is -2.36. The molecule has 0 amide bonds. The third-order valence-corrected chi connectivity index (χ3v) is 6.68. The zero-order valence-electron chi connectivity index (χ0n) is 19.3. The van der Waals surface area contributed by atoms with Crippen LogP contribution in [0.5, 0.6) is 5.88 Å². The first kappa shape index (κ1) is 22.8. The number of alkyl halides is 3. The number of pyridine rings is 1. The Morgan fingerprint density at radius 3 is 2.68 bits per heavy atom. The third-order valence-electron chi connectivity index (χ3n) is 6.68. The minimum atomic E-state index is -4.13. The maximum absolute atomic E-state index is 12.9. The lowest BCUT2D eigenvalue weighted by molar-refractivity contribution is -0.206. The average molecular weight is 477 g/mol. The Balaban J connectivity index is 1.39. The van der Waals surface area contributed by atoms with Gasteiger partial charge in [-0.25, -0.2) is 4.98 Å². The Kier molecular flexibility index (Phi) is 5.83. The smallest absolute Gasteiger partial charge is 0.391 e. The molecule has 8 nitrogen and oxygen atoms in total. The number of fused-ring (bicyclic) bond motifs is 1. The molecule has 3 aromatic rings. The van der Waals surface area contributed by atoms with Crippen LogP contribution in [0.4, 0.5) is 19.1 Å².